The first kappa shape index (κ1) is 47.7. The van der Waals surface area contributed by atoms with Crippen molar-refractivity contribution in [2.75, 3.05) is 31.8 Å². The van der Waals surface area contributed by atoms with Crippen LogP contribution >= 0.6 is 19.1 Å². The van der Waals surface area contributed by atoms with Crippen molar-refractivity contribution in [3.8, 4) is 22.8 Å². The van der Waals surface area contributed by atoms with Gasteiger partial charge in [-0.2, -0.15) is 11.8 Å². The molecule has 16 heteroatoms. The maximum Gasteiger partial charge on any atom is 0.452 e. The Bertz CT molecular complexity index is 2980. The molecule has 13 nitrogen and oxygen atoms in total. The van der Waals surface area contributed by atoms with E-state index < -0.39 is 19.4 Å². The molecule has 6 bridgehead atoms. The molecule has 0 atom stereocenters. The monoisotopic (exact) mass is 906 g/mol. The molecule has 0 saturated heterocycles. The number of thioether (sulfide) groups is 1. The molecule has 3 aromatic heterocycles. The minimum absolute atomic E-state index is 0.114. The number of esters is 1. The lowest BCUT2D eigenvalue weighted by molar-refractivity contribution is -0.137. The number of nitrogens with one attached hydrogen (secondary N) is 2. The molecule has 0 saturated carbocycles. The van der Waals surface area contributed by atoms with Crippen LogP contribution in [0, 0.1) is 0 Å². The Kier molecular flexibility index (Phi) is 17.0. The van der Waals surface area contributed by atoms with E-state index in [1.165, 1.54) is 7.62 Å². The first-order valence-corrected chi connectivity index (χ1v) is 24.3. The SMILES string of the molecule is C=CC(=O)OCCNC(=O)OCCSC.CC.CC.O=P(O[B]n1c2nc3nc(nc4[nH]c(nc1c1ccccc12)c1ccccc41)-c1ccccc1-3)(c1ccccc1)c1ccccc1. The van der Waals surface area contributed by atoms with Crippen LogP contribution in [0.2, 0.25) is 0 Å². The Balaban J connectivity index is 0.000000315. The average Bonchev–Trinajstić information content (AvgIpc) is 4.00. The predicted molar refractivity (Wildman–Crippen MR) is 266 cm³/mol. The summed E-state index contributed by atoms with van der Waals surface area (Å²) in [6, 6.07) is 42.4. The van der Waals surface area contributed by atoms with Gasteiger partial charge in [0.25, 0.3) is 0 Å². The second-order valence-electron chi connectivity index (χ2n) is 13.4. The number of rotatable bonds is 12. The van der Waals surface area contributed by atoms with Crippen LogP contribution in [0.25, 0.3) is 66.9 Å². The summed E-state index contributed by atoms with van der Waals surface area (Å²) in [6.07, 6.45) is 2.49. The number of nitrogens with zero attached hydrogens (tertiary/aromatic N) is 5. The number of aromatic amines is 1. The average molecular weight is 907 g/mol. The number of aromatic nitrogens is 6. The number of hydrogen-bond donors (Lipinski definition) is 2. The van der Waals surface area contributed by atoms with E-state index in [0.717, 1.165) is 44.5 Å². The standard InChI is InChI=1S/C36H23BN6O2P.C9H15NO4S.2C2H6/c44-46(23-13-3-1-4-14-23,24-15-5-2-6-16-24)45-37-43-35-29-21-11-12-22-30(29)36(43)42-34-28-20-10-8-18-26(28)32(40-34)38-31-25-17-7-9-19-27(25)33(39-31)41-35;1-3-8(11)13-5-4-10-9(12)14-6-7-15-2;2*1-2/h1-22H,(H,38,39,40,41,42);3H,1,4-7H2,2H3,(H,10,12);2*1-2H3. The van der Waals surface area contributed by atoms with Gasteiger partial charge in [-0.1, -0.05) is 143 Å². The van der Waals surface area contributed by atoms with Gasteiger partial charge in [0.05, 0.1) is 6.54 Å². The van der Waals surface area contributed by atoms with Gasteiger partial charge >= 0.3 is 19.7 Å². The molecule has 0 unspecified atom stereocenters. The van der Waals surface area contributed by atoms with Gasteiger partial charge in [-0.15, -0.1) is 0 Å². The van der Waals surface area contributed by atoms with Gasteiger partial charge in [0, 0.05) is 55.1 Å². The predicted octanol–water partition coefficient (Wildman–Crippen LogP) is 9.97. The highest BCUT2D eigenvalue weighted by molar-refractivity contribution is 7.98. The van der Waals surface area contributed by atoms with Crippen molar-refractivity contribution in [2.45, 2.75) is 27.7 Å². The summed E-state index contributed by atoms with van der Waals surface area (Å²) in [7, 11) is -2.10. The molecule has 1 aliphatic rings. The van der Waals surface area contributed by atoms with Gasteiger partial charge in [-0.3, -0.25) is 4.57 Å². The van der Waals surface area contributed by atoms with Crippen LogP contribution in [0.5, 0.6) is 0 Å². The molecule has 4 heterocycles. The maximum absolute atomic E-state index is 14.9. The number of H-pyrrole nitrogens is 1. The lowest BCUT2D eigenvalue weighted by atomic mass is 10.1. The lowest BCUT2D eigenvalue weighted by Crippen LogP contribution is -2.29. The summed E-state index contributed by atoms with van der Waals surface area (Å²) in [5.74, 6) is 1.34. The van der Waals surface area contributed by atoms with Crippen molar-refractivity contribution in [3.63, 3.8) is 0 Å². The summed E-state index contributed by atoms with van der Waals surface area (Å²) in [5, 5.41) is 7.12. The van der Waals surface area contributed by atoms with Crippen molar-refractivity contribution < 1.29 is 28.1 Å². The summed E-state index contributed by atoms with van der Waals surface area (Å²) in [4.78, 5) is 45.2. The third kappa shape index (κ3) is 10.9. The highest BCUT2D eigenvalue weighted by atomic mass is 32.2. The van der Waals surface area contributed by atoms with E-state index in [9.17, 15) is 14.2 Å². The number of alkyl carbamates (subject to hydrolysis) is 1. The molecule has 0 aliphatic carbocycles. The zero-order valence-electron chi connectivity index (χ0n) is 36.9. The van der Waals surface area contributed by atoms with Crippen molar-refractivity contribution in [1.82, 2.24) is 34.7 Å². The number of carbonyl (C=O) groups is 2. The van der Waals surface area contributed by atoms with Crippen LogP contribution in [0.1, 0.15) is 27.7 Å². The summed E-state index contributed by atoms with van der Waals surface area (Å²) < 4.78 is 32.6. The fraction of sp³-hybridized carbons (Fsp3) is 0.184. The molecule has 65 heavy (non-hydrogen) atoms. The Hall–Kier alpha value is -6.80. The van der Waals surface area contributed by atoms with Crippen LogP contribution in [0.4, 0.5) is 4.79 Å². The summed E-state index contributed by atoms with van der Waals surface area (Å²) in [6.45, 7) is 12.0. The normalized spacial score (nSPS) is 10.8. The first-order valence-electron chi connectivity index (χ1n) is 21.2. The van der Waals surface area contributed by atoms with E-state index in [-0.39, 0.29) is 13.2 Å². The number of carbonyl (C=O) groups excluding carboxylic acids is 2. The minimum atomic E-state index is -3.59. The van der Waals surface area contributed by atoms with Crippen molar-refractivity contribution >= 4 is 93.6 Å². The number of fused-ring (bicyclic) bond motifs is 15. The molecule has 9 rings (SSSR count). The molecule has 0 fully saturated rings. The van der Waals surface area contributed by atoms with Crippen LogP contribution in [0.15, 0.2) is 146 Å². The van der Waals surface area contributed by atoms with E-state index in [2.05, 4.69) is 21.6 Å². The summed E-state index contributed by atoms with van der Waals surface area (Å²) in [5.41, 5.74) is 4.16. The zero-order chi connectivity index (χ0) is 46.2. The number of hydrogen-bond acceptors (Lipinski definition) is 11. The molecule has 1 aliphatic heterocycles. The van der Waals surface area contributed by atoms with Crippen molar-refractivity contribution in [1.29, 1.82) is 0 Å². The molecule has 5 aromatic carbocycles. The van der Waals surface area contributed by atoms with E-state index >= 15 is 0 Å². The van der Waals surface area contributed by atoms with Gasteiger partial charge in [-0.05, 0) is 30.5 Å². The first-order chi connectivity index (χ1) is 31.9. The fourth-order valence-corrected chi connectivity index (χ4v) is 8.87. The highest BCUT2D eigenvalue weighted by Crippen LogP contribution is 2.44. The number of ether oxygens (including phenoxy) is 2. The molecule has 1 radical (unpaired) electrons. The van der Waals surface area contributed by atoms with Crippen molar-refractivity contribution in [3.05, 3.63) is 146 Å². The van der Waals surface area contributed by atoms with Crippen LogP contribution in [-0.2, 0) is 23.3 Å². The molecule has 0 spiro atoms. The largest absolute Gasteiger partial charge is 0.461 e. The number of benzene rings is 5. The minimum Gasteiger partial charge on any atom is -0.461 e. The van der Waals surface area contributed by atoms with Gasteiger partial charge < -0.3 is 28.7 Å². The quantitative estimate of drug-likeness (QED) is 0.0394. The van der Waals surface area contributed by atoms with Crippen LogP contribution in [-0.4, -0.2) is 80.8 Å². The van der Waals surface area contributed by atoms with Crippen molar-refractivity contribution in [2.24, 2.45) is 0 Å². The lowest BCUT2D eigenvalue weighted by Gasteiger charge is -2.19. The van der Waals surface area contributed by atoms with Crippen LogP contribution in [0.3, 0.4) is 0 Å². The van der Waals surface area contributed by atoms with Crippen LogP contribution < -0.4 is 15.9 Å². The Morgan fingerprint density at radius 3 is 1.72 bits per heavy atom. The smallest absolute Gasteiger partial charge is 0.452 e. The van der Waals surface area contributed by atoms with E-state index in [0.29, 0.717) is 51.5 Å². The second kappa shape index (κ2) is 23.2. The third-order valence-corrected chi connectivity index (χ3v) is 12.5. The topological polar surface area (TPSA) is 163 Å². The highest BCUT2D eigenvalue weighted by Gasteiger charge is 2.30. The second-order valence-corrected chi connectivity index (χ2v) is 16.8. The molecule has 2 N–H and O–H groups in total. The van der Waals surface area contributed by atoms with Gasteiger partial charge in [0.15, 0.2) is 11.6 Å². The molecule has 8 aromatic rings. The van der Waals surface area contributed by atoms with Gasteiger partial charge in [-0.25, -0.2) is 29.5 Å². The molecule has 331 valence electrons. The van der Waals surface area contributed by atoms with Gasteiger partial charge in [0.1, 0.15) is 35.8 Å². The zero-order valence-corrected chi connectivity index (χ0v) is 38.6. The van der Waals surface area contributed by atoms with Gasteiger partial charge in [0.2, 0.25) is 7.37 Å². The summed E-state index contributed by atoms with van der Waals surface area (Å²) >= 11 is 1.59. The third-order valence-electron chi connectivity index (χ3n) is 9.60. The number of amides is 1. The Morgan fingerprint density at radius 1 is 0.677 bits per heavy atom. The Labute approximate surface area is 383 Å². The molecule has 1 amide bonds. The molecular formula is C49H50BN7O6PS. The Morgan fingerprint density at radius 2 is 1.17 bits per heavy atom. The van der Waals surface area contributed by atoms with E-state index in [4.69, 9.17) is 29.1 Å². The molecular weight excluding hydrogens is 856 g/mol. The maximum atomic E-state index is 14.9. The van der Waals surface area contributed by atoms with E-state index in [1.54, 1.807) is 16.2 Å². The fourth-order valence-electron chi connectivity index (χ4n) is 6.72. The van der Waals surface area contributed by atoms with E-state index in [1.807, 2.05) is 167 Å².